The van der Waals surface area contributed by atoms with Gasteiger partial charge in [-0.3, -0.25) is 5.10 Å². The fourth-order valence-electron chi connectivity index (χ4n) is 3.53. The Balaban J connectivity index is 1.79. The van der Waals surface area contributed by atoms with Crippen molar-refractivity contribution in [1.29, 1.82) is 5.26 Å². The molecule has 2 aromatic carbocycles. The molecule has 1 aromatic heterocycles. The summed E-state index contributed by atoms with van der Waals surface area (Å²) in [5.74, 6) is 1.56. The Morgan fingerprint density at radius 2 is 1.83 bits per heavy atom. The van der Waals surface area contributed by atoms with Crippen LogP contribution in [0.4, 0.5) is 0 Å². The zero-order chi connectivity index (χ0) is 21.1. The molecule has 2 heterocycles. The summed E-state index contributed by atoms with van der Waals surface area (Å²) in [6.07, 6.45) is 0.946. The van der Waals surface area contributed by atoms with Gasteiger partial charge in [-0.1, -0.05) is 19.1 Å². The van der Waals surface area contributed by atoms with Crippen molar-refractivity contribution in [2.24, 2.45) is 5.73 Å². The first kappa shape index (κ1) is 19.4. The summed E-state index contributed by atoms with van der Waals surface area (Å²) in [5, 5.41) is 17.2. The van der Waals surface area contributed by atoms with E-state index in [1.165, 1.54) is 0 Å². The maximum Gasteiger partial charge on any atom is 0.244 e. The number of fused-ring (bicyclic) bond motifs is 1. The van der Waals surface area contributed by atoms with Gasteiger partial charge >= 0.3 is 0 Å². The van der Waals surface area contributed by atoms with Gasteiger partial charge in [0.1, 0.15) is 23.1 Å². The monoisotopic (exact) mass is 402 g/mol. The normalized spacial score (nSPS) is 15.2. The van der Waals surface area contributed by atoms with Gasteiger partial charge in [0.05, 0.1) is 30.9 Å². The van der Waals surface area contributed by atoms with Crippen LogP contribution in [0.15, 0.2) is 60.0 Å². The molecule has 3 N–H and O–H groups in total. The molecule has 7 nitrogen and oxygen atoms in total. The third-order valence-corrected chi connectivity index (χ3v) is 5.00. The van der Waals surface area contributed by atoms with Gasteiger partial charge in [0.25, 0.3) is 0 Å². The number of nitrogens with two attached hydrogens (primary N) is 1. The van der Waals surface area contributed by atoms with Crippen molar-refractivity contribution in [2.75, 3.05) is 13.7 Å². The molecule has 0 spiro atoms. The van der Waals surface area contributed by atoms with Crippen LogP contribution in [0, 0.1) is 11.3 Å². The molecule has 1 aliphatic rings. The molecule has 30 heavy (non-hydrogen) atoms. The van der Waals surface area contributed by atoms with E-state index in [1.807, 2.05) is 48.5 Å². The molecule has 0 fully saturated rings. The fourth-order valence-corrected chi connectivity index (χ4v) is 3.53. The molecule has 0 saturated carbocycles. The largest absolute Gasteiger partial charge is 0.497 e. The zero-order valence-corrected chi connectivity index (χ0v) is 16.8. The first-order chi connectivity index (χ1) is 14.7. The van der Waals surface area contributed by atoms with Crippen molar-refractivity contribution in [2.45, 2.75) is 19.3 Å². The van der Waals surface area contributed by atoms with Crippen LogP contribution in [-0.2, 0) is 0 Å². The number of nitriles is 1. The molecule has 0 aliphatic carbocycles. The van der Waals surface area contributed by atoms with Crippen LogP contribution in [0.1, 0.15) is 30.4 Å². The number of nitrogens with one attached hydrogen (secondary N) is 1. The summed E-state index contributed by atoms with van der Waals surface area (Å²) in [6.45, 7) is 2.73. The minimum atomic E-state index is -0.408. The van der Waals surface area contributed by atoms with Gasteiger partial charge < -0.3 is 19.9 Å². The topological polar surface area (TPSA) is 106 Å². The van der Waals surface area contributed by atoms with Crippen LogP contribution in [-0.4, -0.2) is 23.9 Å². The lowest BCUT2D eigenvalue weighted by molar-refractivity contribution is 0.317. The highest BCUT2D eigenvalue weighted by molar-refractivity contribution is 5.71. The highest BCUT2D eigenvalue weighted by Crippen LogP contribution is 2.45. The zero-order valence-electron chi connectivity index (χ0n) is 16.8. The quantitative estimate of drug-likeness (QED) is 0.643. The number of ether oxygens (including phenoxy) is 3. The van der Waals surface area contributed by atoms with E-state index in [9.17, 15) is 5.26 Å². The molecule has 0 radical (unpaired) electrons. The van der Waals surface area contributed by atoms with Crippen LogP contribution in [0.2, 0.25) is 0 Å². The smallest absolute Gasteiger partial charge is 0.244 e. The van der Waals surface area contributed by atoms with Gasteiger partial charge in [0.2, 0.25) is 11.8 Å². The number of H-pyrrole nitrogens is 1. The molecule has 0 amide bonds. The minimum Gasteiger partial charge on any atom is -0.497 e. The first-order valence-electron chi connectivity index (χ1n) is 9.69. The van der Waals surface area contributed by atoms with Crippen LogP contribution in [0.25, 0.3) is 11.3 Å². The molecule has 0 bridgehead atoms. The molecule has 1 unspecified atom stereocenters. The van der Waals surface area contributed by atoms with Crippen molar-refractivity contribution in [1.82, 2.24) is 10.2 Å². The number of aromatic nitrogens is 2. The standard InChI is InChI=1S/C23H22N4O3/c1-3-12-29-17-10-6-15(7-11-17)21-20-19(14-4-8-16(28-2)9-5-14)18(13-24)22(25)30-23(20)27-26-21/h4-11,19H,3,12,25H2,1-2H3,(H,26,27). The van der Waals surface area contributed by atoms with Gasteiger partial charge in [-0.15, -0.1) is 5.10 Å². The Kier molecular flexibility index (Phi) is 5.31. The number of hydrogen-bond donors (Lipinski definition) is 2. The molecule has 3 aromatic rings. The second kappa shape index (κ2) is 8.21. The molecular weight excluding hydrogens is 380 g/mol. The number of hydrogen-bond acceptors (Lipinski definition) is 6. The summed E-state index contributed by atoms with van der Waals surface area (Å²) in [5.41, 5.74) is 9.73. The van der Waals surface area contributed by atoms with E-state index in [0.717, 1.165) is 40.3 Å². The highest BCUT2D eigenvalue weighted by Gasteiger charge is 2.35. The van der Waals surface area contributed by atoms with Crippen LogP contribution in [0.5, 0.6) is 17.4 Å². The lowest BCUT2D eigenvalue weighted by atomic mass is 9.83. The van der Waals surface area contributed by atoms with Gasteiger partial charge in [-0.2, -0.15) is 5.26 Å². The third-order valence-electron chi connectivity index (χ3n) is 5.00. The maximum absolute atomic E-state index is 9.80. The summed E-state index contributed by atoms with van der Waals surface area (Å²) >= 11 is 0. The molecule has 1 atom stereocenters. The van der Waals surface area contributed by atoms with Gasteiger partial charge in [0, 0.05) is 5.56 Å². The summed E-state index contributed by atoms with van der Waals surface area (Å²) in [7, 11) is 1.61. The van der Waals surface area contributed by atoms with E-state index in [4.69, 9.17) is 19.9 Å². The lowest BCUT2D eigenvalue weighted by Gasteiger charge is -2.24. The minimum absolute atomic E-state index is 0.0622. The third kappa shape index (κ3) is 3.44. The number of benzene rings is 2. The van der Waals surface area contributed by atoms with Gasteiger partial charge in [0.15, 0.2) is 0 Å². The highest BCUT2D eigenvalue weighted by atomic mass is 16.5. The van der Waals surface area contributed by atoms with Crippen molar-refractivity contribution < 1.29 is 14.2 Å². The summed E-state index contributed by atoms with van der Waals surface area (Å²) < 4.78 is 16.6. The van der Waals surface area contributed by atoms with Gasteiger partial charge in [-0.25, -0.2) is 0 Å². The molecular formula is C23H22N4O3. The Morgan fingerprint density at radius 1 is 1.13 bits per heavy atom. The SMILES string of the molecule is CCCOc1ccc(-c2[nH]nc3c2C(c2ccc(OC)cc2)C(C#N)=C(N)O3)cc1. The Bertz CT molecular complexity index is 1110. The van der Waals surface area contributed by atoms with E-state index in [2.05, 4.69) is 23.2 Å². The maximum atomic E-state index is 9.80. The van der Waals surface area contributed by atoms with Crippen molar-refractivity contribution >= 4 is 0 Å². The predicted molar refractivity (Wildman–Crippen MR) is 112 cm³/mol. The van der Waals surface area contributed by atoms with Gasteiger partial charge in [-0.05, 0) is 48.4 Å². The molecule has 0 saturated heterocycles. The first-order valence-corrected chi connectivity index (χ1v) is 9.69. The number of methoxy groups -OCH3 is 1. The molecule has 7 heteroatoms. The summed E-state index contributed by atoms with van der Waals surface area (Å²) in [6, 6.07) is 17.5. The molecule has 152 valence electrons. The van der Waals surface area contributed by atoms with Crippen LogP contribution >= 0.6 is 0 Å². The number of allylic oxidation sites excluding steroid dienone is 1. The Morgan fingerprint density at radius 3 is 2.47 bits per heavy atom. The molecule has 1 aliphatic heterocycles. The predicted octanol–water partition coefficient (Wildman–Crippen LogP) is 4.09. The van der Waals surface area contributed by atoms with Crippen molar-refractivity contribution in [3.63, 3.8) is 0 Å². The second-order valence-electron chi connectivity index (χ2n) is 6.89. The fraction of sp³-hybridized carbons (Fsp3) is 0.217. The van der Waals surface area contributed by atoms with Crippen molar-refractivity contribution in [3.8, 4) is 34.7 Å². The van der Waals surface area contributed by atoms with Crippen LogP contribution in [0.3, 0.4) is 0 Å². The van der Waals surface area contributed by atoms with Crippen LogP contribution < -0.4 is 19.9 Å². The number of aromatic amines is 1. The average molecular weight is 402 g/mol. The summed E-state index contributed by atoms with van der Waals surface area (Å²) in [4.78, 5) is 0. The van der Waals surface area contributed by atoms with E-state index in [0.29, 0.717) is 18.1 Å². The number of nitrogens with zero attached hydrogens (tertiary/aromatic N) is 2. The lowest BCUT2D eigenvalue weighted by Crippen LogP contribution is -2.20. The Hall–Kier alpha value is -3.92. The second-order valence-corrected chi connectivity index (χ2v) is 6.89. The van der Waals surface area contributed by atoms with E-state index in [-0.39, 0.29) is 5.88 Å². The Labute approximate surface area is 174 Å². The molecule has 4 rings (SSSR count). The van der Waals surface area contributed by atoms with E-state index in [1.54, 1.807) is 7.11 Å². The van der Waals surface area contributed by atoms with Crippen molar-refractivity contribution in [3.05, 3.63) is 71.1 Å². The van der Waals surface area contributed by atoms with E-state index >= 15 is 0 Å². The average Bonchev–Trinajstić information content (AvgIpc) is 3.20. The number of rotatable bonds is 6. The van der Waals surface area contributed by atoms with E-state index < -0.39 is 5.92 Å².